The van der Waals surface area contributed by atoms with E-state index in [4.69, 9.17) is 9.47 Å². The number of likely N-dealkylation sites (tertiary alicyclic amines) is 1. The number of hydrogen-bond acceptors (Lipinski definition) is 4. The Hall–Kier alpha value is -0.940. The van der Waals surface area contributed by atoms with Crippen molar-refractivity contribution in [1.29, 1.82) is 0 Å². The predicted molar refractivity (Wildman–Crippen MR) is 58.1 cm³/mol. The lowest BCUT2D eigenvalue weighted by molar-refractivity contribution is -0.127. The zero-order valence-electron chi connectivity index (χ0n) is 9.74. The first-order valence-electron chi connectivity index (χ1n) is 5.60. The minimum atomic E-state index is -0.0368. The number of carbonyl (C=O) groups excluding carboxylic acids is 2. The van der Waals surface area contributed by atoms with E-state index in [1.807, 2.05) is 0 Å². The van der Waals surface area contributed by atoms with Crippen LogP contribution in [0, 0.1) is 0 Å². The Labute approximate surface area is 95.7 Å². The Morgan fingerprint density at radius 2 is 2.00 bits per heavy atom. The SMILES string of the molecule is COCCOCCCCN1CC(=O)CC1=O. The topological polar surface area (TPSA) is 55.8 Å². The zero-order valence-corrected chi connectivity index (χ0v) is 9.74. The van der Waals surface area contributed by atoms with Crippen molar-refractivity contribution in [3.63, 3.8) is 0 Å². The van der Waals surface area contributed by atoms with Crippen LogP contribution >= 0.6 is 0 Å². The number of ether oxygens (including phenoxy) is 2. The summed E-state index contributed by atoms with van der Waals surface area (Å²) in [6.07, 6.45) is 1.87. The van der Waals surface area contributed by atoms with Crippen LogP contribution in [0.1, 0.15) is 19.3 Å². The lowest BCUT2D eigenvalue weighted by Gasteiger charge is -2.13. The molecule has 0 bridgehead atoms. The van der Waals surface area contributed by atoms with E-state index in [2.05, 4.69) is 0 Å². The summed E-state index contributed by atoms with van der Waals surface area (Å²) in [5.41, 5.74) is 0. The van der Waals surface area contributed by atoms with Gasteiger partial charge in [-0.2, -0.15) is 0 Å². The molecule has 0 saturated carbocycles. The van der Waals surface area contributed by atoms with Crippen LogP contribution < -0.4 is 0 Å². The van der Waals surface area contributed by atoms with Crippen molar-refractivity contribution in [1.82, 2.24) is 4.90 Å². The molecule has 5 nitrogen and oxygen atoms in total. The molecule has 1 aliphatic rings. The fourth-order valence-electron chi connectivity index (χ4n) is 1.59. The molecule has 16 heavy (non-hydrogen) atoms. The third-order valence-electron chi connectivity index (χ3n) is 2.47. The predicted octanol–water partition coefficient (Wildman–Crippen LogP) is 0.231. The standard InChI is InChI=1S/C11H19NO4/c1-15-6-7-16-5-3-2-4-12-9-10(13)8-11(12)14/h2-9H2,1H3. The molecular weight excluding hydrogens is 210 g/mol. The zero-order chi connectivity index (χ0) is 11.8. The molecule has 1 fully saturated rings. The van der Waals surface area contributed by atoms with Crippen LogP contribution in [0.3, 0.4) is 0 Å². The Bertz CT molecular complexity index is 242. The van der Waals surface area contributed by atoms with E-state index in [-0.39, 0.29) is 18.1 Å². The molecule has 0 N–H and O–H groups in total. The van der Waals surface area contributed by atoms with Gasteiger partial charge in [0.25, 0.3) is 0 Å². The van der Waals surface area contributed by atoms with Gasteiger partial charge in [-0.15, -0.1) is 0 Å². The summed E-state index contributed by atoms with van der Waals surface area (Å²) in [6, 6.07) is 0. The van der Waals surface area contributed by atoms with Gasteiger partial charge < -0.3 is 14.4 Å². The van der Waals surface area contributed by atoms with Gasteiger partial charge >= 0.3 is 0 Å². The van der Waals surface area contributed by atoms with Crippen molar-refractivity contribution in [3.05, 3.63) is 0 Å². The maximum absolute atomic E-state index is 11.2. The number of nitrogens with zero attached hydrogens (tertiary/aromatic N) is 1. The average Bonchev–Trinajstić information content (AvgIpc) is 2.56. The molecule has 1 heterocycles. The number of hydrogen-bond donors (Lipinski definition) is 0. The number of unbranched alkanes of at least 4 members (excludes halogenated alkanes) is 1. The van der Waals surface area contributed by atoms with Gasteiger partial charge in [-0.25, -0.2) is 0 Å². The summed E-state index contributed by atoms with van der Waals surface area (Å²) >= 11 is 0. The Balaban J connectivity index is 1.95. The van der Waals surface area contributed by atoms with Crippen LogP contribution in [0.15, 0.2) is 0 Å². The molecule has 0 spiro atoms. The maximum atomic E-state index is 11.2. The highest BCUT2D eigenvalue weighted by molar-refractivity contribution is 6.05. The molecule has 0 aromatic heterocycles. The molecule has 0 aromatic rings. The van der Waals surface area contributed by atoms with E-state index in [9.17, 15) is 9.59 Å². The van der Waals surface area contributed by atoms with Crippen molar-refractivity contribution in [2.75, 3.05) is 40.0 Å². The third-order valence-corrected chi connectivity index (χ3v) is 2.47. The molecule has 92 valence electrons. The highest BCUT2D eigenvalue weighted by Crippen LogP contribution is 2.07. The van der Waals surface area contributed by atoms with Crippen LogP contribution in [0.25, 0.3) is 0 Å². The normalized spacial score (nSPS) is 16.2. The van der Waals surface area contributed by atoms with E-state index < -0.39 is 0 Å². The van der Waals surface area contributed by atoms with Gasteiger partial charge in [-0.3, -0.25) is 9.59 Å². The number of rotatable bonds is 8. The maximum Gasteiger partial charge on any atom is 0.230 e. The van der Waals surface area contributed by atoms with Gasteiger partial charge in [0.05, 0.1) is 26.2 Å². The number of methoxy groups -OCH3 is 1. The first kappa shape index (κ1) is 13.1. The van der Waals surface area contributed by atoms with E-state index >= 15 is 0 Å². The van der Waals surface area contributed by atoms with Crippen LogP contribution in [-0.2, 0) is 19.1 Å². The van der Waals surface area contributed by atoms with Gasteiger partial charge in [0.15, 0.2) is 5.78 Å². The minimum Gasteiger partial charge on any atom is -0.382 e. The number of ketones is 1. The lowest BCUT2D eigenvalue weighted by Crippen LogP contribution is -2.26. The van der Waals surface area contributed by atoms with Crippen molar-refractivity contribution in [2.24, 2.45) is 0 Å². The first-order valence-corrected chi connectivity index (χ1v) is 5.60. The molecular formula is C11H19NO4. The smallest absolute Gasteiger partial charge is 0.230 e. The number of carbonyl (C=O) groups is 2. The number of amides is 1. The summed E-state index contributed by atoms with van der Waals surface area (Å²) in [5.74, 6) is -0.00774. The second-order valence-corrected chi connectivity index (χ2v) is 3.84. The Kier molecular flexibility index (Phi) is 6.03. The molecule has 1 aliphatic heterocycles. The van der Waals surface area contributed by atoms with Gasteiger partial charge in [0, 0.05) is 20.3 Å². The van der Waals surface area contributed by atoms with Gasteiger partial charge in [-0.1, -0.05) is 0 Å². The summed E-state index contributed by atoms with van der Waals surface area (Å²) in [4.78, 5) is 23.8. The van der Waals surface area contributed by atoms with Crippen molar-refractivity contribution in [2.45, 2.75) is 19.3 Å². The molecule has 5 heteroatoms. The molecule has 1 rings (SSSR count). The summed E-state index contributed by atoms with van der Waals surface area (Å²) in [5, 5.41) is 0. The van der Waals surface area contributed by atoms with E-state index in [0.29, 0.717) is 32.9 Å². The Morgan fingerprint density at radius 1 is 1.19 bits per heavy atom. The fraction of sp³-hybridized carbons (Fsp3) is 0.818. The third kappa shape index (κ3) is 4.72. The summed E-state index contributed by atoms with van der Waals surface area (Å²) in [7, 11) is 1.64. The van der Waals surface area contributed by atoms with Crippen LogP contribution in [-0.4, -0.2) is 56.6 Å². The van der Waals surface area contributed by atoms with Crippen molar-refractivity contribution < 1.29 is 19.1 Å². The molecule has 0 aliphatic carbocycles. The highest BCUT2D eigenvalue weighted by Gasteiger charge is 2.26. The summed E-state index contributed by atoms with van der Waals surface area (Å²) in [6.45, 7) is 2.86. The lowest BCUT2D eigenvalue weighted by atomic mass is 10.3. The largest absolute Gasteiger partial charge is 0.382 e. The van der Waals surface area contributed by atoms with Gasteiger partial charge in [0.1, 0.15) is 0 Å². The second kappa shape index (κ2) is 7.35. The molecule has 0 unspecified atom stereocenters. The van der Waals surface area contributed by atoms with E-state index in [0.717, 1.165) is 12.8 Å². The molecule has 1 saturated heterocycles. The van der Waals surface area contributed by atoms with Crippen molar-refractivity contribution in [3.8, 4) is 0 Å². The highest BCUT2D eigenvalue weighted by atomic mass is 16.5. The monoisotopic (exact) mass is 229 g/mol. The van der Waals surface area contributed by atoms with E-state index in [1.165, 1.54) is 0 Å². The van der Waals surface area contributed by atoms with E-state index in [1.54, 1.807) is 12.0 Å². The van der Waals surface area contributed by atoms with Gasteiger partial charge in [0.2, 0.25) is 5.91 Å². The molecule has 1 amide bonds. The van der Waals surface area contributed by atoms with Crippen LogP contribution in [0.5, 0.6) is 0 Å². The molecule has 0 atom stereocenters. The Morgan fingerprint density at radius 3 is 2.62 bits per heavy atom. The number of Topliss-reactive ketones (excluding diaryl/α,β-unsaturated/α-hetero) is 1. The molecule has 0 radical (unpaired) electrons. The van der Waals surface area contributed by atoms with Gasteiger partial charge in [-0.05, 0) is 12.8 Å². The fourth-order valence-corrected chi connectivity index (χ4v) is 1.59. The minimum absolute atomic E-state index is 0.0290. The average molecular weight is 229 g/mol. The van der Waals surface area contributed by atoms with Crippen molar-refractivity contribution >= 4 is 11.7 Å². The second-order valence-electron chi connectivity index (χ2n) is 3.84. The molecule has 0 aromatic carbocycles. The van der Waals surface area contributed by atoms with Crippen LogP contribution in [0.2, 0.25) is 0 Å². The van der Waals surface area contributed by atoms with Crippen LogP contribution in [0.4, 0.5) is 0 Å². The summed E-state index contributed by atoms with van der Waals surface area (Å²) < 4.78 is 10.1. The first-order chi connectivity index (χ1) is 7.74. The quantitative estimate of drug-likeness (QED) is 0.441.